The number of carbonyl (C=O) groups excluding carboxylic acids is 1. The lowest BCUT2D eigenvalue weighted by Gasteiger charge is -2.29. The molecule has 0 unspecified atom stereocenters. The number of nitrogens with zero attached hydrogens (tertiary/aromatic N) is 1. The molecular weight excluding hydrogens is 369 g/mol. The van der Waals surface area contributed by atoms with Crippen molar-refractivity contribution < 1.29 is 18.7 Å². The van der Waals surface area contributed by atoms with Gasteiger partial charge in [-0.2, -0.15) is 0 Å². The largest absolute Gasteiger partial charge is 0.501 e. The first-order valence-corrected chi connectivity index (χ1v) is 10.0. The van der Waals surface area contributed by atoms with Crippen molar-refractivity contribution in [2.75, 3.05) is 33.9 Å². The van der Waals surface area contributed by atoms with E-state index in [2.05, 4.69) is 24.1 Å². The first-order valence-electron chi connectivity index (χ1n) is 10.0. The highest BCUT2D eigenvalue weighted by atomic mass is 19.1. The van der Waals surface area contributed by atoms with Crippen molar-refractivity contribution in [2.45, 2.75) is 25.7 Å². The SMILES string of the molecule is CCO/C=C/c1cc(-c2ccc(C3CCN(C)CC3)cc2)cc(F)c1C(=O)OC. The summed E-state index contributed by atoms with van der Waals surface area (Å²) in [5, 5.41) is 0. The van der Waals surface area contributed by atoms with E-state index in [0.29, 0.717) is 23.7 Å². The van der Waals surface area contributed by atoms with Gasteiger partial charge in [0.2, 0.25) is 0 Å². The zero-order valence-corrected chi connectivity index (χ0v) is 17.3. The number of piperidine rings is 1. The van der Waals surface area contributed by atoms with Gasteiger partial charge in [-0.05, 0) is 86.3 Å². The van der Waals surface area contributed by atoms with Crippen molar-refractivity contribution in [2.24, 2.45) is 0 Å². The van der Waals surface area contributed by atoms with E-state index in [1.54, 1.807) is 12.1 Å². The van der Waals surface area contributed by atoms with Gasteiger partial charge in [0.05, 0.1) is 20.0 Å². The van der Waals surface area contributed by atoms with Crippen LogP contribution < -0.4 is 0 Å². The first-order chi connectivity index (χ1) is 14.0. The molecule has 2 aromatic rings. The van der Waals surface area contributed by atoms with Crippen LogP contribution in [0.3, 0.4) is 0 Å². The molecule has 0 bridgehead atoms. The second kappa shape index (κ2) is 9.70. The Morgan fingerprint density at radius 1 is 1.17 bits per heavy atom. The molecule has 3 rings (SSSR count). The number of likely N-dealkylation sites (tertiary alicyclic amines) is 1. The third-order valence-corrected chi connectivity index (χ3v) is 5.45. The van der Waals surface area contributed by atoms with Gasteiger partial charge in [0.25, 0.3) is 0 Å². The van der Waals surface area contributed by atoms with E-state index in [9.17, 15) is 9.18 Å². The molecule has 1 fully saturated rings. The van der Waals surface area contributed by atoms with Gasteiger partial charge in [-0.1, -0.05) is 24.3 Å². The number of hydrogen-bond acceptors (Lipinski definition) is 4. The van der Waals surface area contributed by atoms with E-state index < -0.39 is 11.8 Å². The molecular formula is C24H28FNO3. The fourth-order valence-corrected chi connectivity index (χ4v) is 3.75. The first kappa shape index (κ1) is 21.1. The number of hydrogen-bond donors (Lipinski definition) is 0. The quantitative estimate of drug-likeness (QED) is 0.502. The molecule has 0 N–H and O–H groups in total. The summed E-state index contributed by atoms with van der Waals surface area (Å²) in [4.78, 5) is 14.4. The average molecular weight is 397 g/mol. The molecule has 29 heavy (non-hydrogen) atoms. The van der Waals surface area contributed by atoms with E-state index in [-0.39, 0.29) is 5.56 Å². The van der Waals surface area contributed by atoms with E-state index >= 15 is 0 Å². The van der Waals surface area contributed by atoms with Crippen LogP contribution in [0, 0.1) is 5.82 Å². The van der Waals surface area contributed by atoms with Crippen molar-refractivity contribution in [3.63, 3.8) is 0 Å². The van der Waals surface area contributed by atoms with Crippen LogP contribution in [0.1, 0.15) is 47.2 Å². The summed E-state index contributed by atoms with van der Waals surface area (Å²) in [6, 6.07) is 11.5. The number of esters is 1. The summed E-state index contributed by atoms with van der Waals surface area (Å²) in [5.41, 5.74) is 3.28. The minimum absolute atomic E-state index is 0.0878. The van der Waals surface area contributed by atoms with Crippen molar-refractivity contribution in [3.8, 4) is 11.1 Å². The summed E-state index contributed by atoms with van der Waals surface area (Å²) >= 11 is 0. The molecule has 154 valence electrons. The highest BCUT2D eigenvalue weighted by Gasteiger charge is 2.20. The van der Waals surface area contributed by atoms with E-state index in [0.717, 1.165) is 31.5 Å². The van der Waals surface area contributed by atoms with Crippen LogP contribution in [0.5, 0.6) is 0 Å². The lowest BCUT2D eigenvalue weighted by Crippen LogP contribution is -2.29. The minimum atomic E-state index is -0.706. The fourth-order valence-electron chi connectivity index (χ4n) is 3.75. The number of benzene rings is 2. The van der Waals surface area contributed by atoms with Crippen LogP contribution in [0.2, 0.25) is 0 Å². The molecule has 0 amide bonds. The molecule has 1 aliphatic rings. The Hall–Kier alpha value is -2.66. The van der Waals surface area contributed by atoms with Crippen molar-refractivity contribution in [3.05, 3.63) is 65.2 Å². The van der Waals surface area contributed by atoms with Crippen LogP contribution in [-0.2, 0) is 9.47 Å². The standard InChI is InChI=1S/C24H28FNO3/c1-4-29-14-11-20-15-21(16-22(25)23(20)24(27)28-3)18-7-5-17(6-8-18)19-9-12-26(2)13-10-19/h5-8,11,14-16,19H,4,9-10,12-13H2,1-3H3/b14-11+. The smallest absolute Gasteiger partial charge is 0.341 e. The zero-order chi connectivity index (χ0) is 20.8. The van der Waals surface area contributed by atoms with Gasteiger partial charge in [-0.25, -0.2) is 9.18 Å². The van der Waals surface area contributed by atoms with E-state index in [1.165, 1.54) is 25.0 Å². The molecule has 0 aromatic heterocycles. The number of halogens is 1. The molecule has 0 radical (unpaired) electrons. The van der Waals surface area contributed by atoms with Crippen LogP contribution in [0.4, 0.5) is 4.39 Å². The zero-order valence-electron chi connectivity index (χ0n) is 17.3. The Balaban J connectivity index is 1.90. The van der Waals surface area contributed by atoms with Gasteiger partial charge < -0.3 is 14.4 Å². The predicted octanol–water partition coefficient (Wildman–Crippen LogP) is 5.10. The Labute approximate surface area is 171 Å². The second-order valence-electron chi connectivity index (χ2n) is 7.37. The molecule has 1 heterocycles. The number of rotatable bonds is 6. The van der Waals surface area contributed by atoms with Crippen molar-refractivity contribution in [1.29, 1.82) is 0 Å². The summed E-state index contributed by atoms with van der Waals surface area (Å²) in [5.74, 6) is -0.740. The molecule has 1 aliphatic heterocycles. The van der Waals surface area contributed by atoms with Crippen LogP contribution in [0.25, 0.3) is 17.2 Å². The van der Waals surface area contributed by atoms with Crippen molar-refractivity contribution >= 4 is 12.0 Å². The van der Waals surface area contributed by atoms with Crippen molar-refractivity contribution in [1.82, 2.24) is 4.90 Å². The maximum absolute atomic E-state index is 14.8. The predicted molar refractivity (Wildman–Crippen MR) is 113 cm³/mol. The third kappa shape index (κ3) is 5.04. The molecule has 4 nitrogen and oxygen atoms in total. The van der Waals surface area contributed by atoms with E-state index in [4.69, 9.17) is 9.47 Å². The number of carbonyl (C=O) groups is 1. The average Bonchev–Trinajstić information content (AvgIpc) is 2.74. The molecule has 2 aromatic carbocycles. The molecule has 0 aliphatic carbocycles. The number of ether oxygens (including phenoxy) is 2. The van der Waals surface area contributed by atoms with E-state index in [1.807, 2.05) is 19.1 Å². The normalized spacial score (nSPS) is 15.6. The molecule has 5 heteroatoms. The summed E-state index contributed by atoms with van der Waals surface area (Å²) < 4.78 is 24.7. The van der Waals surface area contributed by atoms with Gasteiger partial charge >= 0.3 is 5.97 Å². The Morgan fingerprint density at radius 3 is 2.48 bits per heavy atom. The van der Waals surface area contributed by atoms with Gasteiger partial charge in [0.1, 0.15) is 11.4 Å². The topological polar surface area (TPSA) is 38.8 Å². The lowest BCUT2D eigenvalue weighted by molar-refractivity contribution is 0.0595. The lowest BCUT2D eigenvalue weighted by atomic mass is 9.88. The Morgan fingerprint density at radius 2 is 1.86 bits per heavy atom. The molecule has 0 saturated carbocycles. The Bertz CT molecular complexity index is 868. The molecule has 0 spiro atoms. The summed E-state index contributed by atoms with van der Waals surface area (Å²) in [6.45, 7) is 4.57. The molecule has 1 saturated heterocycles. The monoisotopic (exact) mass is 397 g/mol. The fraction of sp³-hybridized carbons (Fsp3) is 0.375. The van der Waals surface area contributed by atoms with Crippen LogP contribution in [0.15, 0.2) is 42.7 Å². The highest BCUT2D eigenvalue weighted by molar-refractivity contribution is 5.95. The highest BCUT2D eigenvalue weighted by Crippen LogP contribution is 2.31. The van der Waals surface area contributed by atoms with Crippen LogP contribution in [-0.4, -0.2) is 44.7 Å². The van der Waals surface area contributed by atoms with Gasteiger partial charge in [-0.15, -0.1) is 0 Å². The maximum Gasteiger partial charge on any atom is 0.341 e. The van der Waals surface area contributed by atoms with Crippen LogP contribution >= 0.6 is 0 Å². The maximum atomic E-state index is 14.8. The summed E-state index contributed by atoms with van der Waals surface area (Å²) in [7, 11) is 3.40. The minimum Gasteiger partial charge on any atom is -0.501 e. The summed E-state index contributed by atoms with van der Waals surface area (Å²) in [6.07, 6.45) is 5.37. The second-order valence-corrected chi connectivity index (χ2v) is 7.37. The van der Waals surface area contributed by atoms with Gasteiger partial charge in [0.15, 0.2) is 0 Å². The van der Waals surface area contributed by atoms with Gasteiger partial charge in [-0.3, -0.25) is 0 Å². The third-order valence-electron chi connectivity index (χ3n) is 5.45. The molecule has 0 atom stereocenters. The Kier molecular flexibility index (Phi) is 7.04. The van der Waals surface area contributed by atoms with Gasteiger partial charge in [0, 0.05) is 0 Å². The number of methoxy groups -OCH3 is 1.